The van der Waals surface area contributed by atoms with Gasteiger partial charge in [0.05, 0.1) is 0 Å². The molecule has 0 saturated heterocycles. The first-order valence-electron chi connectivity index (χ1n) is 5.73. The fraction of sp³-hybridized carbons (Fsp3) is 0.250. The van der Waals surface area contributed by atoms with Crippen LogP contribution in [0.4, 0.5) is 0 Å². The van der Waals surface area contributed by atoms with E-state index in [1.165, 1.54) is 16.7 Å². The first-order chi connectivity index (χ1) is 7.55. The molecule has 0 heterocycles. The summed E-state index contributed by atoms with van der Waals surface area (Å²) in [5.41, 5.74) is 4.18. The van der Waals surface area contributed by atoms with E-state index in [1.54, 1.807) is 0 Å². The average Bonchev–Trinajstić information content (AvgIpc) is 2.67. The minimum atomic E-state index is 0.239. The molecule has 0 heteroatoms. The number of benzene rings is 1. The molecule has 1 aromatic rings. The molecule has 0 spiro atoms. The SMILES string of the molecule is CC(C)(C)C1=C/C(=C\c2ccccc2)C=C1. The van der Waals surface area contributed by atoms with E-state index in [0.29, 0.717) is 0 Å². The van der Waals surface area contributed by atoms with E-state index >= 15 is 0 Å². The summed E-state index contributed by atoms with van der Waals surface area (Å²) in [6, 6.07) is 10.4. The third-order valence-corrected chi connectivity index (χ3v) is 2.78. The second-order valence-corrected chi connectivity index (χ2v) is 5.24. The molecule has 0 N–H and O–H groups in total. The van der Waals surface area contributed by atoms with Crippen LogP contribution in [-0.2, 0) is 0 Å². The zero-order valence-corrected chi connectivity index (χ0v) is 10.2. The van der Waals surface area contributed by atoms with Gasteiger partial charge in [0, 0.05) is 0 Å². The van der Waals surface area contributed by atoms with E-state index in [9.17, 15) is 0 Å². The Labute approximate surface area is 98.0 Å². The number of rotatable bonds is 1. The molecule has 82 valence electrons. The van der Waals surface area contributed by atoms with Gasteiger partial charge in [0.2, 0.25) is 0 Å². The molecule has 0 nitrogen and oxygen atoms in total. The van der Waals surface area contributed by atoms with Crippen molar-refractivity contribution in [2.24, 2.45) is 5.41 Å². The van der Waals surface area contributed by atoms with Crippen LogP contribution >= 0.6 is 0 Å². The van der Waals surface area contributed by atoms with Crippen LogP contribution in [-0.4, -0.2) is 0 Å². The van der Waals surface area contributed by atoms with Crippen LogP contribution in [0.15, 0.2) is 59.7 Å². The number of hydrogen-bond acceptors (Lipinski definition) is 0. The molecular weight excluding hydrogens is 192 g/mol. The lowest BCUT2D eigenvalue weighted by Gasteiger charge is -2.17. The van der Waals surface area contributed by atoms with Gasteiger partial charge in [-0.05, 0) is 28.2 Å². The predicted octanol–water partition coefficient (Wildman–Crippen LogP) is 4.61. The molecule has 0 aliphatic heterocycles. The summed E-state index contributed by atoms with van der Waals surface area (Å²) < 4.78 is 0. The van der Waals surface area contributed by atoms with Crippen LogP contribution in [0.2, 0.25) is 0 Å². The zero-order chi connectivity index (χ0) is 11.6. The van der Waals surface area contributed by atoms with E-state index in [0.717, 1.165) is 0 Å². The molecule has 1 aliphatic rings. The third-order valence-electron chi connectivity index (χ3n) is 2.78. The van der Waals surface area contributed by atoms with Gasteiger partial charge in [0.25, 0.3) is 0 Å². The molecule has 1 aliphatic carbocycles. The molecule has 0 bridgehead atoms. The quantitative estimate of drug-likeness (QED) is 0.635. The van der Waals surface area contributed by atoms with Crippen molar-refractivity contribution >= 4 is 6.08 Å². The van der Waals surface area contributed by atoms with E-state index in [4.69, 9.17) is 0 Å². The topological polar surface area (TPSA) is 0 Å². The number of allylic oxidation sites excluding steroid dienone is 5. The third kappa shape index (κ3) is 2.52. The molecule has 0 fully saturated rings. The van der Waals surface area contributed by atoms with Gasteiger partial charge in [0.1, 0.15) is 0 Å². The lowest BCUT2D eigenvalue weighted by atomic mass is 9.87. The van der Waals surface area contributed by atoms with E-state index in [-0.39, 0.29) is 5.41 Å². The summed E-state index contributed by atoms with van der Waals surface area (Å²) in [6.07, 6.45) is 8.89. The summed E-state index contributed by atoms with van der Waals surface area (Å²) in [4.78, 5) is 0. The van der Waals surface area contributed by atoms with Crippen LogP contribution < -0.4 is 0 Å². The molecule has 0 aromatic heterocycles. The van der Waals surface area contributed by atoms with Crippen LogP contribution in [0.1, 0.15) is 26.3 Å². The van der Waals surface area contributed by atoms with Gasteiger partial charge in [0.15, 0.2) is 0 Å². The highest BCUT2D eigenvalue weighted by Gasteiger charge is 2.17. The molecule has 0 radical (unpaired) electrons. The summed E-state index contributed by atoms with van der Waals surface area (Å²) in [7, 11) is 0. The van der Waals surface area contributed by atoms with Crippen LogP contribution in [0.3, 0.4) is 0 Å². The van der Waals surface area contributed by atoms with Crippen LogP contribution in [0.5, 0.6) is 0 Å². The normalized spacial score (nSPS) is 17.9. The molecule has 2 rings (SSSR count). The van der Waals surface area contributed by atoms with Crippen molar-refractivity contribution in [2.45, 2.75) is 20.8 Å². The fourth-order valence-corrected chi connectivity index (χ4v) is 1.76. The first-order valence-corrected chi connectivity index (χ1v) is 5.73. The maximum Gasteiger partial charge on any atom is -0.0132 e. The monoisotopic (exact) mass is 210 g/mol. The van der Waals surface area contributed by atoms with Crippen molar-refractivity contribution < 1.29 is 0 Å². The largest absolute Gasteiger partial charge is 0.0622 e. The first kappa shape index (κ1) is 10.9. The molecule has 0 atom stereocenters. The van der Waals surface area contributed by atoms with Crippen molar-refractivity contribution in [3.63, 3.8) is 0 Å². The Morgan fingerprint density at radius 2 is 1.62 bits per heavy atom. The van der Waals surface area contributed by atoms with Gasteiger partial charge in [-0.25, -0.2) is 0 Å². The van der Waals surface area contributed by atoms with Gasteiger partial charge >= 0.3 is 0 Å². The highest BCUT2D eigenvalue weighted by Crippen LogP contribution is 2.32. The minimum absolute atomic E-state index is 0.239. The Kier molecular flexibility index (Phi) is 2.82. The highest BCUT2D eigenvalue weighted by atomic mass is 14.2. The van der Waals surface area contributed by atoms with Crippen molar-refractivity contribution in [2.75, 3.05) is 0 Å². The van der Waals surface area contributed by atoms with Gasteiger partial charge in [-0.2, -0.15) is 0 Å². The molecule has 0 unspecified atom stereocenters. The van der Waals surface area contributed by atoms with Crippen molar-refractivity contribution in [3.8, 4) is 0 Å². The molecule has 0 saturated carbocycles. The number of hydrogen-bond donors (Lipinski definition) is 0. The second kappa shape index (κ2) is 4.13. The van der Waals surface area contributed by atoms with Crippen LogP contribution in [0, 0.1) is 5.41 Å². The Bertz CT molecular complexity index is 451. The summed E-state index contributed by atoms with van der Waals surface area (Å²) in [5, 5.41) is 0. The van der Waals surface area contributed by atoms with Gasteiger partial charge in [-0.15, -0.1) is 0 Å². The summed E-state index contributed by atoms with van der Waals surface area (Å²) >= 11 is 0. The molecule has 16 heavy (non-hydrogen) atoms. The average molecular weight is 210 g/mol. The Hall–Kier alpha value is -1.56. The summed E-state index contributed by atoms with van der Waals surface area (Å²) in [5.74, 6) is 0. The van der Waals surface area contributed by atoms with Crippen LogP contribution in [0.25, 0.3) is 6.08 Å². The van der Waals surface area contributed by atoms with Crippen molar-refractivity contribution in [3.05, 3.63) is 65.3 Å². The van der Waals surface area contributed by atoms with E-state index in [2.05, 4.69) is 69.3 Å². The Morgan fingerprint density at radius 1 is 0.938 bits per heavy atom. The minimum Gasteiger partial charge on any atom is -0.0622 e. The van der Waals surface area contributed by atoms with Gasteiger partial charge in [-0.3, -0.25) is 0 Å². The Morgan fingerprint density at radius 3 is 2.19 bits per heavy atom. The van der Waals surface area contributed by atoms with E-state index in [1.807, 2.05) is 6.07 Å². The highest BCUT2D eigenvalue weighted by molar-refractivity contribution is 5.63. The predicted molar refractivity (Wildman–Crippen MR) is 71.1 cm³/mol. The maximum absolute atomic E-state index is 2.27. The van der Waals surface area contributed by atoms with Crippen molar-refractivity contribution in [1.29, 1.82) is 0 Å². The second-order valence-electron chi connectivity index (χ2n) is 5.24. The molecular formula is C16H18. The maximum atomic E-state index is 2.27. The molecule has 1 aromatic carbocycles. The van der Waals surface area contributed by atoms with E-state index < -0.39 is 0 Å². The van der Waals surface area contributed by atoms with Crippen molar-refractivity contribution in [1.82, 2.24) is 0 Å². The lowest BCUT2D eigenvalue weighted by molar-refractivity contribution is 0.518. The zero-order valence-electron chi connectivity index (χ0n) is 10.2. The van der Waals surface area contributed by atoms with Gasteiger partial charge in [-0.1, -0.05) is 69.3 Å². The fourth-order valence-electron chi connectivity index (χ4n) is 1.76. The van der Waals surface area contributed by atoms with Gasteiger partial charge < -0.3 is 0 Å². The molecule has 0 amide bonds. The lowest BCUT2D eigenvalue weighted by Crippen LogP contribution is -2.05. The summed E-state index contributed by atoms with van der Waals surface area (Å²) in [6.45, 7) is 6.73. The Balaban J connectivity index is 2.25. The smallest absolute Gasteiger partial charge is 0.0132 e. The standard InChI is InChI=1S/C16H18/c1-16(2,3)15-10-9-14(12-15)11-13-7-5-4-6-8-13/h4-12H,1-3H3/b14-11-.